The Balaban J connectivity index is 2.52. The van der Waals surface area contributed by atoms with Crippen LogP contribution in [0.15, 0.2) is 22.4 Å². The van der Waals surface area contributed by atoms with Crippen LogP contribution in [0.3, 0.4) is 0 Å². The van der Waals surface area contributed by atoms with E-state index in [1.54, 1.807) is 0 Å². The number of ether oxygens (including phenoxy) is 1. The lowest BCUT2D eigenvalue weighted by Crippen LogP contribution is -2.26. The largest absolute Gasteiger partial charge is 0.462 e. The van der Waals surface area contributed by atoms with Gasteiger partial charge in [0.2, 0.25) is 0 Å². The monoisotopic (exact) mass is 446 g/mol. The van der Waals surface area contributed by atoms with Gasteiger partial charge < -0.3 is 4.74 Å². The lowest BCUT2D eigenvalue weighted by Gasteiger charge is -2.12. The van der Waals surface area contributed by atoms with Gasteiger partial charge in [0.1, 0.15) is 5.69 Å². The van der Waals surface area contributed by atoms with Crippen LogP contribution >= 0.6 is 58.0 Å². The van der Waals surface area contributed by atoms with Crippen molar-refractivity contribution in [2.24, 2.45) is 10.2 Å². The van der Waals surface area contributed by atoms with E-state index in [9.17, 15) is 4.79 Å². The second-order valence-corrected chi connectivity index (χ2v) is 7.90. The summed E-state index contributed by atoms with van der Waals surface area (Å²) in [5.41, 5.74) is 0.113. The summed E-state index contributed by atoms with van der Waals surface area (Å²) in [4.78, 5) is 11.9. The summed E-state index contributed by atoms with van der Waals surface area (Å²) in [7, 11) is 0. The molecular weight excluding hydrogens is 429 g/mol. The molecule has 0 saturated heterocycles. The Bertz CT molecular complexity index is 585. The minimum Gasteiger partial charge on any atom is -0.462 e. The topological polar surface area (TPSA) is 51.0 Å². The number of halogens is 5. The van der Waals surface area contributed by atoms with Crippen molar-refractivity contribution in [1.82, 2.24) is 0 Å². The van der Waals surface area contributed by atoms with Gasteiger partial charge in [0, 0.05) is 5.02 Å². The van der Waals surface area contributed by atoms with Crippen LogP contribution in [0.5, 0.6) is 0 Å². The minimum absolute atomic E-state index is 0.113. The molecule has 0 aliphatic carbocycles. The molecule has 25 heavy (non-hydrogen) atoms. The van der Waals surface area contributed by atoms with Crippen LogP contribution < -0.4 is 0 Å². The van der Waals surface area contributed by atoms with Gasteiger partial charge in [0.25, 0.3) is 0 Å². The molecule has 0 aromatic heterocycles. The van der Waals surface area contributed by atoms with Gasteiger partial charge in [-0.2, -0.15) is 0 Å². The van der Waals surface area contributed by atoms with Gasteiger partial charge in [-0.3, -0.25) is 0 Å². The fourth-order valence-electron chi connectivity index (χ4n) is 1.92. The molecule has 0 radical (unpaired) electrons. The molecule has 0 amide bonds. The van der Waals surface area contributed by atoms with Crippen molar-refractivity contribution >= 4 is 69.7 Å². The smallest absolute Gasteiger partial charge is 0.367 e. The number of esters is 1. The van der Waals surface area contributed by atoms with Gasteiger partial charge in [-0.1, -0.05) is 97.0 Å². The van der Waals surface area contributed by atoms with Crippen molar-refractivity contribution in [2.45, 2.75) is 49.9 Å². The Labute approximate surface area is 172 Å². The third-order valence-corrected chi connectivity index (χ3v) is 4.49. The molecule has 0 atom stereocenters. The van der Waals surface area contributed by atoms with Crippen LogP contribution in [-0.4, -0.2) is 17.0 Å². The summed E-state index contributed by atoms with van der Waals surface area (Å²) in [5.74, 6) is -0.894. The molecule has 1 aromatic carbocycles. The molecule has 0 bridgehead atoms. The predicted octanol–water partition coefficient (Wildman–Crippen LogP) is 7.77. The van der Waals surface area contributed by atoms with Crippen LogP contribution in [0.2, 0.25) is 15.1 Å². The standard InChI is InChI=1S/C16H19Cl5N2O2/c1-2-3-4-5-6-7-8-25-15(24)16(20,21)23-22-14-12(18)9-11(17)10-13(14)19/h9-10H,2-8H2,1H3. The van der Waals surface area contributed by atoms with E-state index in [0.717, 1.165) is 19.3 Å². The first kappa shape index (κ1) is 22.8. The number of rotatable bonds is 10. The zero-order valence-corrected chi connectivity index (χ0v) is 17.5. The Kier molecular flexibility index (Phi) is 10.4. The van der Waals surface area contributed by atoms with E-state index in [0.29, 0.717) is 5.02 Å². The normalized spacial score (nSPS) is 11.9. The molecule has 0 aliphatic rings. The first-order chi connectivity index (χ1) is 11.8. The molecule has 0 heterocycles. The number of hydrogen-bond donors (Lipinski definition) is 0. The Morgan fingerprint density at radius 1 is 1.04 bits per heavy atom. The Hall–Kier alpha value is -0.260. The molecule has 0 N–H and O–H groups in total. The number of benzene rings is 1. The molecular formula is C16H19Cl5N2O2. The first-order valence-corrected chi connectivity index (χ1v) is 9.79. The molecule has 0 spiro atoms. The summed E-state index contributed by atoms with van der Waals surface area (Å²) in [6, 6.07) is 2.87. The average Bonchev–Trinajstić information content (AvgIpc) is 2.52. The van der Waals surface area contributed by atoms with E-state index in [-0.39, 0.29) is 22.3 Å². The van der Waals surface area contributed by atoms with E-state index in [1.165, 1.54) is 31.4 Å². The van der Waals surface area contributed by atoms with E-state index in [4.69, 9.17) is 62.7 Å². The van der Waals surface area contributed by atoms with E-state index in [1.807, 2.05) is 0 Å². The van der Waals surface area contributed by atoms with Crippen molar-refractivity contribution in [3.8, 4) is 0 Å². The van der Waals surface area contributed by atoms with Crippen molar-refractivity contribution in [3.05, 3.63) is 27.2 Å². The number of carbonyl (C=O) groups excluding carboxylic acids is 1. The number of nitrogens with zero attached hydrogens (tertiary/aromatic N) is 2. The van der Waals surface area contributed by atoms with Crippen molar-refractivity contribution in [3.63, 3.8) is 0 Å². The highest BCUT2D eigenvalue weighted by molar-refractivity contribution is 6.57. The Morgan fingerprint density at radius 2 is 1.60 bits per heavy atom. The summed E-state index contributed by atoms with van der Waals surface area (Å²) in [6.07, 6.45) is 6.39. The predicted molar refractivity (Wildman–Crippen MR) is 105 cm³/mol. The summed E-state index contributed by atoms with van der Waals surface area (Å²) < 4.78 is 2.87. The molecule has 9 heteroatoms. The quantitative estimate of drug-likeness (QED) is 0.121. The van der Waals surface area contributed by atoms with Crippen LogP contribution in [0, 0.1) is 0 Å². The van der Waals surface area contributed by atoms with Gasteiger partial charge in [-0.15, -0.1) is 10.2 Å². The number of unbranched alkanes of at least 4 members (excludes halogenated alkanes) is 5. The molecule has 140 valence electrons. The van der Waals surface area contributed by atoms with Crippen LogP contribution in [0.4, 0.5) is 5.69 Å². The fourth-order valence-corrected chi connectivity index (χ4v) is 3.00. The highest BCUT2D eigenvalue weighted by Gasteiger charge is 2.36. The fraction of sp³-hybridized carbons (Fsp3) is 0.562. The maximum Gasteiger partial charge on any atom is 0.367 e. The van der Waals surface area contributed by atoms with Crippen LogP contribution in [-0.2, 0) is 9.53 Å². The lowest BCUT2D eigenvalue weighted by atomic mass is 10.1. The second kappa shape index (κ2) is 11.5. The molecule has 4 nitrogen and oxygen atoms in total. The molecule has 0 saturated carbocycles. The maximum atomic E-state index is 11.9. The van der Waals surface area contributed by atoms with Crippen LogP contribution in [0.1, 0.15) is 45.4 Å². The SMILES string of the molecule is CCCCCCCCOC(=O)C(Cl)(Cl)N=Nc1c(Cl)cc(Cl)cc1Cl. The van der Waals surface area contributed by atoms with E-state index in [2.05, 4.69) is 17.2 Å². The second-order valence-electron chi connectivity index (χ2n) is 5.36. The maximum absolute atomic E-state index is 11.9. The zero-order chi connectivity index (χ0) is 18.9. The molecule has 1 aromatic rings. The van der Waals surface area contributed by atoms with Crippen molar-refractivity contribution in [1.29, 1.82) is 0 Å². The first-order valence-electron chi connectivity index (χ1n) is 7.90. The summed E-state index contributed by atoms with van der Waals surface area (Å²) >= 11 is 29.5. The summed E-state index contributed by atoms with van der Waals surface area (Å²) in [6.45, 7) is 2.38. The number of alkyl halides is 2. The van der Waals surface area contributed by atoms with Gasteiger partial charge >= 0.3 is 10.4 Å². The number of carbonyl (C=O) groups is 1. The summed E-state index contributed by atoms with van der Waals surface area (Å²) in [5, 5.41) is 8.00. The highest BCUT2D eigenvalue weighted by atomic mass is 35.5. The van der Waals surface area contributed by atoms with Gasteiger partial charge in [0.15, 0.2) is 0 Å². The number of hydrogen-bond acceptors (Lipinski definition) is 4. The molecule has 0 fully saturated rings. The highest BCUT2D eigenvalue weighted by Crippen LogP contribution is 2.37. The third kappa shape index (κ3) is 8.31. The van der Waals surface area contributed by atoms with Crippen molar-refractivity contribution < 1.29 is 9.53 Å². The lowest BCUT2D eigenvalue weighted by molar-refractivity contribution is -0.144. The number of azo groups is 1. The molecule has 0 unspecified atom stereocenters. The van der Waals surface area contributed by atoms with Gasteiger partial charge in [0.05, 0.1) is 16.7 Å². The average molecular weight is 449 g/mol. The minimum atomic E-state index is -2.17. The Morgan fingerprint density at radius 3 is 2.20 bits per heavy atom. The molecule has 1 rings (SSSR count). The molecule has 0 aliphatic heterocycles. The van der Waals surface area contributed by atoms with Gasteiger partial charge in [-0.05, 0) is 18.6 Å². The van der Waals surface area contributed by atoms with Gasteiger partial charge in [-0.25, -0.2) is 4.79 Å². The van der Waals surface area contributed by atoms with Crippen LogP contribution in [0.25, 0.3) is 0 Å². The zero-order valence-electron chi connectivity index (χ0n) is 13.7. The van der Waals surface area contributed by atoms with E-state index < -0.39 is 10.4 Å². The third-order valence-electron chi connectivity index (χ3n) is 3.23. The van der Waals surface area contributed by atoms with Crippen molar-refractivity contribution in [2.75, 3.05) is 6.61 Å². The van der Waals surface area contributed by atoms with E-state index >= 15 is 0 Å².